The second-order valence-electron chi connectivity index (χ2n) is 4.49. The molecule has 1 aromatic carbocycles. The van der Waals surface area contributed by atoms with Crippen molar-refractivity contribution in [3.05, 3.63) is 29.3 Å². The Kier molecular flexibility index (Phi) is 2.36. The third kappa shape index (κ3) is 1.53. The van der Waals surface area contributed by atoms with Crippen LogP contribution in [0.25, 0.3) is 0 Å². The highest BCUT2D eigenvalue weighted by Crippen LogP contribution is 2.44. The third-order valence-electron chi connectivity index (χ3n) is 3.58. The van der Waals surface area contributed by atoms with Gasteiger partial charge in [-0.15, -0.1) is 11.6 Å². The normalized spacial score (nSPS) is 28.9. The lowest BCUT2D eigenvalue weighted by atomic mass is 9.94. The van der Waals surface area contributed by atoms with E-state index in [1.807, 2.05) is 0 Å². The Morgan fingerprint density at radius 2 is 2.20 bits per heavy atom. The Bertz CT molecular complexity index is 375. The summed E-state index contributed by atoms with van der Waals surface area (Å²) in [4.78, 5) is 0. The minimum atomic E-state index is 0.306. The van der Waals surface area contributed by atoms with Crippen LogP contribution in [0, 0.1) is 0 Å². The number of hydrogen-bond acceptors (Lipinski definition) is 1. The molecule has 0 aromatic heterocycles. The molecule has 2 heteroatoms. The van der Waals surface area contributed by atoms with Crippen LogP contribution in [0.1, 0.15) is 36.3 Å². The SMILES string of the molecule is ClC1CCCC1c1cccc2c1OCC2. The van der Waals surface area contributed by atoms with Gasteiger partial charge in [0.15, 0.2) is 0 Å². The minimum absolute atomic E-state index is 0.306. The lowest BCUT2D eigenvalue weighted by Gasteiger charge is -2.17. The summed E-state index contributed by atoms with van der Waals surface area (Å²) in [5.41, 5.74) is 2.71. The number of fused-ring (bicyclic) bond motifs is 1. The van der Waals surface area contributed by atoms with Crippen molar-refractivity contribution in [2.75, 3.05) is 6.61 Å². The van der Waals surface area contributed by atoms with Crippen molar-refractivity contribution >= 4 is 11.6 Å². The van der Waals surface area contributed by atoms with Gasteiger partial charge in [0, 0.05) is 17.7 Å². The Morgan fingerprint density at radius 3 is 3.00 bits per heavy atom. The van der Waals surface area contributed by atoms with E-state index in [-0.39, 0.29) is 0 Å². The van der Waals surface area contributed by atoms with E-state index in [1.54, 1.807) is 0 Å². The van der Waals surface area contributed by atoms with Crippen LogP contribution in [0.5, 0.6) is 5.75 Å². The summed E-state index contributed by atoms with van der Waals surface area (Å²) in [6.07, 6.45) is 4.68. The number of alkyl halides is 1. The standard InChI is InChI=1S/C13H15ClO/c14-12-6-2-4-10(12)11-5-1-3-9-7-8-15-13(9)11/h1,3,5,10,12H,2,4,6-8H2. The Balaban J connectivity index is 2.01. The average Bonchev–Trinajstić information content (AvgIpc) is 2.85. The molecule has 0 N–H and O–H groups in total. The molecule has 3 rings (SSSR count). The topological polar surface area (TPSA) is 9.23 Å². The highest BCUT2D eigenvalue weighted by Gasteiger charge is 2.30. The highest BCUT2D eigenvalue weighted by atomic mass is 35.5. The van der Waals surface area contributed by atoms with Gasteiger partial charge in [0.05, 0.1) is 6.61 Å². The molecule has 1 fully saturated rings. The van der Waals surface area contributed by atoms with E-state index in [2.05, 4.69) is 18.2 Å². The van der Waals surface area contributed by atoms with Gasteiger partial charge in [-0.2, -0.15) is 0 Å². The first-order valence-electron chi connectivity index (χ1n) is 5.75. The van der Waals surface area contributed by atoms with Crippen LogP contribution in [0.2, 0.25) is 0 Å². The monoisotopic (exact) mass is 222 g/mol. The molecule has 0 bridgehead atoms. The molecular formula is C13H15ClO. The minimum Gasteiger partial charge on any atom is -0.493 e. The first kappa shape index (κ1) is 9.53. The summed E-state index contributed by atoms with van der Waals surface area (Å²) < 4.78 is 5.73. The van der Waals surface area contributed by atoms with Gasteiger partial charge >= 0.3 is 0 Å². The van der Waals surface area contributed by atoms with Crippen LogP contribution in [-0.2, 0) is 6.42 Å². The van der Waals surface area contributed by atoms with Crippen LogP contribution in [0.4, 0.5) is 0 Å². The van der Waals surface area contributed by atoms with Crippen LogP contribution < -0.4 is 4.74 Å². The van der Waals surface area contributed by atoms with E-state index in [0.717, 1.165) is 25.2 Å². The fourth-order valence-corrected chi connectivity index (χ4v) is 3.21. The molecule has 15 heavy (non-hydrogen) atoms. The van der Waals surface area contributed by atoms with E-state index in [0.29, 0.717) is 11.3 Å². The quantitative estimate of drug-likeness (QED) is 0.661. The van der Waals surface area contributed by atoms with Gasteiger partial charge in [0.1, 0.15) is 5.75 Å². The number of ether oxygens (including phenoxy) is 1. The fraction of sp³-hybridized carbons (Fsp3) is 0.538. The number of rotatable bonds is 1. The van der Waals surface area contributed by atoms with Crippen LogP contribution >= 0.6 is 11.6 Å². The maximum absolute atomic E-state index is 6.36. The molecular weight excluding hydrogens is 208 g/mol. The zero-order valence-corrected chi connectivity index (χ0v) is 9.46. The third-order valence-corrected chi connectivity index (χ3v) is 4.10. The highest BCUT2D eigenvalue weighted by molar-refractivity contribution is 6.21. The van der Waals surface area contributed by atoms with E-state index in [4.69, 9.17) is 16.3 Å². The molecule has 1 aliphatic carbocycles. The molecule has 1 aliphatic heterocycles. The number of halogens is 1. The molecule has 0 spiro atoms. The lowest BCUT2D eigenvalue weighted by molar-refractivity contribution is 0.351. The summed E-state index contributed by atoms with van der Waals surface area (Å²) in [7, 11) is 0. The van der Waals surface area contributed by atoms with Crippen molar-refractivity contribution < 1.29 is 4.74 Å². The second-order valence-corrected chi connectivity index (χ2v) is 5.05. The Hall–Kier alpha value is -0.690. The van der Waals surface area contributed by atoms with Crippen molar-refractivity contribution in [3.63, 3.8) is 0 Å². The molecule has 2 unspecified atom stereocenters. The molecule has 1 aromatic rings. The summed E-state index contributed by atoms with van der Waals surface area (Å²) in [6.45, 7) is 0.839. The number of benzene rings is 1. The van der Waals surface area contributed by atoms with Crippen molar-refractivity contribution in [3.8, 4) is 5.75 Å². The summed E-state index contributed by atoms with van der Waals surface area (Å²) in [5.74, 6) is 1.65. The molecule has 1 nitrogen and oxygen atoms in total. The summed E-state index contributed by atoms with van der Waals surface area (Å²) >= 11 is 6.36. The predicted molar refractivity (Wildman–Crippen MR) is 61.9 cm³/mol. The van der Waals surface area contributed by atoms with Gasteiger partial charge in [-0.1, -0.05) is 24.6 Å². The first-order valence-corrected chi connectivity index (χ1v) is 6.18. The van der Waals surface area contributed by atoms with Crippen LogP contribution in [-0.4, -0.2) is 12.0 Å². The Morgan fingerprint density at radius 1 is 1.27 bits per heavy atom. The fourth-order valence-electron chi connectivity index (χ4n) is 2.80. The van der Waals surface area contributed by atoms with E-state index < -0.39 is 0 Å². The molecule has 80 valence electrons. The van der Waals surface area contributed by atoms with E-state index >= 15 is 0 Å². The molecule has 0 radical (unpaired) electrons. The van der Waals surface area contributed by atoms with Gasteiger partial charge in [0.25, 0.3) is 0 Å². The van der Waals surface area contributed by atoms with Crippen molar-refractivity contribution in [2.24, 2.45) is 0 Å². The van der Waals surface area contributed by atoms with Crippen molar-refractivity contribution in [2.45, 2.75) is 37.0 Å². The first-order chi connectivity index (χ1) is 7.36. The van der Waals surface area contributed by atoms with Crippen molar-refractivity contribution in [1.29, 1.82) is 0 Å². The van der Waals surface area contributed by atoms with Gasteiger partial charge < -0.3 is 4.74 Å². The van der Waals surface area contributed by atoms with Crippen molar-refractivity contribution in [1.82, 2.24) is 0 Å². The average molecular weight is 223 g/mol. The molecule has 2 atom stereocenters. The van der Waals surface area contributed by atoms with Gasteiger partial charge in [-0.05, 0) is 24.0 Å². The molecule has 1 heterocycles. The van der Waals surface area contributed by atoms with E-state index in [9.17, 15) is 0 Å². The molecule has 0 amide bonds. The lowest BCUT2D eigenvalue weighted by Crippen LogP contribution is -2.06. The smallest absolute Gasteiger partial charge is 0.126 e. The maximum atomic E-state index is 6.36. The molecule has 2 aliphatic rings. The molecule has 1 saturated carbocycles. The zero-order valence-electron chi connectivity index (χ0n) is 8.71. The van der Waals surface area contributed by atoms with Gasteiger partial charge in [0.2, 0.25) is 0 Å². The number of hydrogen-bond donors (Lipinski definition) is 0. The zero-order chi connectivity index (χ0) is 10.3. The van der Waals surface area contributed by atoms with Gasteiger partial charge in [-0.3, -0.25) is 0 Å². The summed E-state index contributed by atoms with van der Waals surface area (Å²) in [5, 5.41) is 0.306. The van der Waals surface area contributed by atoms with Crippen LogP contribution in [0.3, 0.4) is 0 Å². The second kappa shape index (κ2) is 3.71. The summed E-state index contributed by atoms with van der Waals surface area (Å²) in [6, 6.07) is 6.50. The molecule has 0 saturated heterocycles. The Labute approximate surface area is 95.4 Å². The predicted octanol–water partition coefficient (Wildman–Crippen LogP) is 3.50. The van der Waals surface area contributed by atoms with Gasteiger partial charge in [-0.25, -0.2) is 0 Å². The van der Waals surface area contributed by atoms with E-state index in [1.165, 1.54) is 24.0 Å². The largest absolute Gasteiger partial charge is 0.493 e. The van der Waals surface area contributed by atoms with Crippen LogP contribution in [0.15, 0.2) is 18.2 Å². The maximum Gasteiger partial charge on any atom is 0.126 e. The number of para-hydroxylation sites is 1.